The molecule has 0 bridgehead atoms. The number of aryl methyl sites for hydroxylation is 1. The lowest BCUT2D eigenvalue weighted by Crippen LogP contribution is -1.88. The van der Waals surface area contributed by atoms with Crippen LogP contribution in [0.2, 0.25) is 0 Å². The largest absolute Gasteiger partial charge is 0.481 e. The molecule has 0 aliphatic rings. The SMILES string of the molecule is C=N/C(=C\c1sc(-c2ccc(-c3ccc(N)nc3)cc2)cc1C)OC. The van der Waals surface area contributed by atoms with Crippen LogP contribution in [0.5, 0.6) is 0 Å². The molecule has 0 radical (unpaired) electrons. The number of hydrogen-bond acceptors (Lipinski definition) is 5. The lowest BCUT2D eigenvalue weighted by molar-refractivity contribution is 0.293. The Bertz CT molecular complexity index is 909. The number of nitrogens with two attached hydrogens (primary N) is 1. The van der Waals surface area contributed by atoms with E-state index in [0.29, 0.717) is 11.7 Å². The van der Waals surface area contributed by atoms with Crippen molar-refractivity contribution >= 4 is 29.9 Å². The fourth-order valence-electron chi connectivity index (χ4n) is 2.47. The number of ether oxygens (including phenoxy) is 1. The van der Waals surface area contributed by atoms with Gasteiger partial charge in [-0.25, -0.2) is 9.98 Å². The van der Waals surface area contributed by atoms with Gasteiger partial charge in [-0.15, -0.1) is 11.3 Å². The Morgan fingerprint density at radius 2 is 1.84 bits per heavy atom. The minimum Gasteiger partial charge on any atom is -0.481 e. The van der Waals surface area contributed by atoms with Crippen molar-refractivity contribution in [2.24, 2.45) is 4.99 Å². The van der Waals surface area contributed by atoms with E-state index in [1.165, 1.54) is 16.0 Å². The van der Waals surface area contributed by atoms with E-state index in [9.17, 15) is 0 Å². The molecule has 0 saturated carbocycles. The molecule has 0 spiro atoms. The van der Waals surface area contributed by atoms with Crippen molar-refractivity contribution in [1.29, 1.82) is 0 Å². The molecule has 0 aliphatic carbocycles. The van der Waals surface area contributed by atoms with Gasteiger partial charge in [-0.1, -0.05) is 24.3 Å². The third kappa shape index (κ3) is 3.78. The highest BCUT2D eigenvalue weighted by Crippen LogP contribution is 2.34. The van der Waals surface area contributed by atoms with Crippen LogP contribution in [0.25, 0.3) is 27.6 Å². The van der Waals surface area contributed by atoms with Crippen molar-refractivity contribution in [3.8, 4) is 21.6 Å². The van der Waals surface area contributed by atoms with Gasteiger partial charge in [0.2, 0.25) is 5.88 Å². The number of hydrogen-bond donors (Lipinski definition) is 1. The molecule has 1 aromatic carbocycles. The molecule has 2 N–H and O–H groups in total. The number of thiophene rings is 1. The van der Waals surface area contributed by atoms with Crippen molar-refractivity contribution in [2.45, 2.75) is 6.92 Å². The number of aliphatic imine (C=N–C) groups is 1. The highest BCUT2D eigenvalue weighted by molar-refractivity contribution is 7.16. The number of nitrogen functional groups attached to an aromatic ring is 1. The number of anilines is 1. The van der Waals surface area contributed by atoms with E-state index in [0.717, 1.165) is 16.0 Å². The number of pyridine rings is 1. The highest BCUT2D eigenvalue weighted by atomic mass is 32.1. The van der Waals surface area contributed by atoms with Gasteiger partial charge >= 0.3 is 0 Å². The Morgan fingerprint density at radius 1 is 1.16 bits per heavy atom. The normalized spacial score (nSPS) is 11.4. The Morgan fingerprint density at radius 3 is 2.44 bits per heavy atom. The Labute approximate surface area is 151 Å². The summed E-state index contributed by atoms with van der Waals surface area (Å²) in [6.45, 7) is 5.59. The second-order valence-corrected chi connectivity index (χ2v) is 6.64. The molecule has 0 aliphatic heterocycles. The van der Waals surface area contributed by atoms with Crippen LogP contribution in [0.15, 0.2) is 59.5 Å². The van der Waals surface area contributed by atoms with Gasteiger partial charge in [-0.2, -0.15) is 0 Å². The third-order valence-corrected chi connectivity index (χ3v) is 5.10. The van der Waals surface area contributed by atoms with Crippen LogP contribution in [0.3, 0.4) is 0 Å². The summed E-state index contributed by atoms with van der Waals surface area (Å²) in [7, 11) is 1.59. The van der Waals surface area contributed by atoms with Crippen LogP contribution in [-0.4, -0.2) is 18.8 Å². The second kappa shape index (κ2) is 7.32. The maximum atomic E-state index is 5.64. The predicted molar refractivity (Wildman–Crippen MR) is 107 cm³/mol. The summed E-state index contributed by atoms with van der Waals surface area (Å²) < 4.78 is 5.17. The second-order valence-electron chi connectivity index (χ2n) is 5.55. The topological polar surface area (TPSA) is 60.5 Å². The van der Waals surface area contributed by atoms with Crippen LogP contribution in [0.4, 0.5) is 5.82 Å². The molecular formula is C20H19N3OS. The summed E-state index contributed by atoms with van der Waals surface area (Å²) in [6.07, 6.45) is 3.70. The molecule has 0 fully saturated rings. The summed E-state index contributed by atoms with van der Waals surface area (Å²) in [5.41, 5.74) is 10.2. The van der Waals surface area contributed by atoms with E-state index in [4.69, 9.17) is 10.5 Å². The Balaban J connectivity index is 1.89. The van der Waals surface area contributed by atoms with Gasteiger partial charge < -0.3 is 10.5 Å². The lowest BCUT2D eigenvalue weighted by Gasteiger charge is -2.03. The first-order valence-electron chi connectivity index (χ1n) is 7.76. The number of nitrogens with zero attached hydrogens (tertiary/aromatic N) is 2. The van der Waals surface area contributed by atoms with E-state index in [1.54, 1.807) is 24.6 Å². The van der Waals surface area contributed by atoms with Gasteiger partial charge in [0.15, 0.2) is 0 Å². The first kappa shape index (κ1) is 16.9. The maximum Gasteiger partial charge on any atom is 0.213 e. The van der Waals surface area contributed by atoms with E-state index >= 15 is 0 Å². The zero-order valence-corrected chi connectivity index (χ0v) is 15.0. The monoisotopic (exact) mass is 349 g/mol. The number of methoxy groups -OCH3 is 1. The summed E-state index contributed by atoms with van der Waals surface area (Å²) >= 11 is 1.70. The molecule has 0 atom stereocenters. The third-order valence-electron chi connectivity index (χ3n) is 3.86. The molecular weight excluding hydrogens is 330 g/mol. The van der Waals surface area contributed by atoms with Crippen LogP contribution < -0.4 is 5.73 Å². The average Bonchev–Trinajstić information content (AvgIpc) is 3.01. The molecule has 2 heterocycles. The van der Waals surface area contributed by atoms with Gasteiger partial charge in [0, 0.05) is 27.6 Å². The van der Waals surface area contributed by atoms with Gasteiger partial charge in [0.05, 0.1) is 7.11 Å². The zero-order valence-electron chi connectivity index (χ0n) is 14.2. The van der Waals surface area contributed by atoms with Gasteiger partial charge in [-0.05, 0) is 48.5 Å². The predicted octanol–water partition coefficient (Wildman–Crippen LogP) is 5.01. The summed E-state index contributed by atoms with van der Waals surface area (Å²) in [5.74, 6) is 1.04. The average molecular weight is 349 g/mol. The molecule has 25 heavy (non-hydrogen) atoms. The van der Waals surface area contributed by atoms with Crippen molar-refractivity contribution in [2.75, 3.05) is 12.8 Å². The van der Waals surface area contributed by atoms with E-state index < -0.39 is 0 Å². The summed E-state index contributed by atoms with van der Waals surface area (Å²) in [5, 5.41) is 0. The smallest absolute Gasteiger partial charge is 0.213 e. The molecule has 3 aromatic rings. The van der Waals surface area contributed by atoms with E-state index in [1.807, 2.05) is 18.2 Å². The van der Waals surface area contributed by atoms with Crippen molar-refractivity contribution < 1.29 is 4.74 Å². The number of benzene rings is 1. The van der Waals surface area contributed by atoms with Gasteiger partial charge in [-0.3, -0.25) is 0 Å². The standard InChI is InChI=1S/C20H19N3OS/c1-13-10-18(25-17(13)11-20(22-2)24-3)15-6-4-14(5-7-15)16-8-9-19(21)23-12-16/h4-12H,2H2,1,3H3,(H2,21,23)/b20-11+. The minimum absolute atomic E-state index is 0.516. The van der Waals surface area contributed by atoms with Crippen molar-refractivity contribution in [3.05, 3.63) is 65.0 Å². The van der Waals surface area contributed by atoms with Crippen LogP contribution in [0.1, 0.15) is 10.4 Å². The molecule has 3 rings (SSSR count). The first-order valence-corrected chi connectivity index (χ1v) is 8.57. The quantitative estimate of drug-likeness (QED) is 0.520. The van der Waals surface area contributed by atoms with Crippen molar-refractivity contribution in [3.63, 3.8) is 0 Å². The molecule has 2 aromatic heterocycles. The maximum absolute atomic E-state index is 5.64. The zero-order chi connectivity index (χ0) is 17.8. The van der Waals surface area contributed by atoms with Gasteiger partial charge in [0.25, 0.3) is 0 Å². The Kier molecular flexibility index (Phi) is 4.95. The van der Waals surface area contributed by atoms with Crippen LogP contribution in [-0.2, 0) is 4.74 Å². The highest BCUT2D eigenvalue weighted by Gasteiger charge is 2.08. The molecule has 0 amide bonds. The summed E-state index contributed by atoms with van der Waals surface area (Å²) in [4.78, 5) is 10.3. The number of aromatic nitrogens is 1. The molecule has 126 valence electrons. The van der Waals surface area contributed by atoms with Gasteiger partial charge in [0.1, 0.15) is 5.82 Å². The minimum atomic E-state index is 0.516. The first-order chi connectivity index (χ1) is 12.1. The lowest BCUT2D eigenvalue weighted by atomic mass is 10.0. The van der Waals surface area contributed by atoms with Crippen LogP contribution in [0, 0.1) is 6.92 Å². The summed E-state index contributed by atoms with van der Waals surface area (Å²) in [6, 6.07) is 14.4. The Hall–Kier alpha value is -2.92. The molecule has 5 heteroatoms. The molecule has 4 nitrogen and oxygen atoms in total. The van der Waals surface area contributed by atoms with Crippen molar-refractivity contribution in [1.82, 2.24) is 4.98 Å². The van der Waals surface area contributed by atoms with E-state index in [2.05, 4.69) is 53.9 Å². The molecule has 0 saturated heterocycles. The fourth-order valence-corrected chi connectivity index (χ4v) is 3.57. The van der Waals surface area contributed by atoms with Crippen LogP contribution >= 0.6 is 11.3 Å². The number of rotatable bonds is 5. The molecule has 0 unspecified atom stereocenters. The fraction of sp³-hybridized carbons (Fsp3) is 0.100. The van der Waals surface area contributed by atoms with E-state index in [-0.39, 0.29) is 0 Å².